The number of carbonyl (C=O) groups is 2. The van der Waals surface area contributed by atoms with E-state index in [4.69, 9.17) is 37.9 Å². The number of benzene rings is 2. The van der Waals surface area contributed by atoms with Crippen molar-refractivity contribution in [2.45, 2.75) is 58.0 Å². The molecule has 12 heteroatoms. The first-order valence-corrected chi connectivity index (χ1v) is 18.7. The predicted molar refractivity (Wildman–Crippen MR) is 211 cm³/mol. The minimum Gasteiger partial charge on any atom is -0.493 e. The Balaban J connectivity index is 1.42. The van der Waals surface area contributed by atoms with Gasteiger partial charge in [0, 0.05) is 72.8 Å². The van der Waals surface area contributed by atoms with Crippen LogP contribution in [-0.2, 0) is 21.3 Å². The summed E-state index contributed by atoms with van der Waals surface area (Å²) in [6.45, 7) is 14.9. The maximum absolute atomic E-state index is 15.3. The number of piperazine rings is 1. The second kappa shape index (κ2) is 15.1. The van der Waals surface area contributed by atoms with Crippen LogP contribution in [0.5, 0.6) is 5.75 Å². The summed E-state index contributed by atoms with van der Waals surface area (Å²) >= 11 is 12.8. The maximum atomic E-state index is 15.3. The van der Waals surface area contributed by atoms with E-state index in [1.807, 2.05) is 89.5 Å². The van der Waals surface area contributed by atoms with E-state index in [1.54, 1.807) is 24.3 Å². The lowest BCUT2D eigenvalue weighted by atomic mass is 9.71. The number of amidine groups is 1. The number of urea groups is 1. The summed E-state index contributed by atoms with van der Waals surface area (Å²) in [6, 6.07) is 22.5. The Morgan fingerprint density at radius 3 is 2.08 bits per heavy atom. The van der Waals surface area contributed by atoms with Crippen molar-refractivity contribution < 1.29 is 14.3 Å². The number of carbonyl (C=O) groups excluding carboxylic acids is 2. The van der Waals surface area contributed by atoms with Gasteiger partial charge < -0.3 is 9.64 Å². The first kappa shape index (κ1) is 38.2. The van der Waals surface area contributed by atoms with Crippen molar-refractivity contribution in [3.05, 3.63) is 118 Å². The van der Waals surface area contributed by atoms with Gasteiger partial charge in [0.2, 0.25) is 5.91 Å². The molecule has 278 valence electrons. The van der Waals surface area contributed by atoms with Gasteiger partial charge in [0.1, 0.15) is 28.5 Å². The molecule has 2 aliphatic rings. The lowest BCUT2D eigenvalue weighted by molar-refractivity contribution is -0.119. The molecule has 2 aromatic heterocycles. The van der Waals surface area contributed by atoms with E-state index in [-0.39, 0.29) is 23.9 Å². The highest BCUT2D eigenvalue weighted by molar-refractivity contribution is 6.30. The third kappa shape index (κ3) is 7.37. The number of aliphatic imine (C=N–C) groups is 1. The van der Waals surface area contributed by atoms with Crippen LogP contribution in [0.25, 0.3) is 0 Å². The molecule has 6 rings (SSSR count). The number of pyridine rings is 2. The number of nitrogens with zero attached hydrogens (tertiary/aromatic N) is 7. The second-order valence-corrected chi connectivity index (χ2v) is 15.7. The van der Waals surface area contributed by atoms with Crippen molar-refractivity contribution in [2.24, 2.45) is 4.99 Å². The van der Waals surface area contributed by atoms with Crippen LogP contribution in [0.15, 0.2) is 90.2 Å². The first-order valence-electron chi connectivity index (χ1n) is 17.9. The van der Waals surface area contributed by atoms with Crippen molar-refractivity contribution in [3.63, 3.8) is 0 Å². The van der Waals surface area contributed by atoms with Gasteiger partial charge >= 0.3 is 6.03 Å². The van der Waals surface area contributed by atoms with Crippen molar-refractivity contribution in [3.8, 4) is 5.75 Å². The fraction of sp³-hybridized carbons (Fsp3) is 0.390. The molecule has 0 bridgehead atoms. The standard InChI is InChI=1S/C41H47Cl2N7O3/c1-8-53-33-25-34(39(2,3)4)45-26-32(33)37-46-40(5,28-12-16-30(42)17-13-28)41(6,29-14-18-31(43)19-15-29)50(37)38(52)49-23-21-48(22-24-49)27-36(51)47(7)35-11-9-10-20-44-35/h9-20,25-26H,8,21-24,27H2,1-7H3/t40-,41+/m0/s1. The summed E-state index contributed by atoms with van der Waals surface area (Å²) in [5, 5.41) is 1.19. The van der Waals surface area contributed by atoms with Crippen molar-refractivity contribution in [1.29, 1.82) is 0 Å². The molecule has 2 aliphatic heterocycles. The Kier molecular flexibility index (Phi) is 10.9. The quantitative estimate of drug-likeness (QED) is 0.183. The normalized spacial score (nSPS) is 20.7. The number of hydrogen-bond acceptors (Lipinski definition) is 7. The fourth-order valence-corrected chi connectivity index (χ4v) is 7.33. The van der Waals surface area contributed by atoms with Gasteiger partial charge in [-0.2, -0.15) is 0 Å². The zero-order chi connectivity index (χ0) is 38.1. The number of halogens is 2. The molecule has 0 spiro atoms. The molecule has 0 saturated carbocycles. The van der Waals surface area contributed by atoms with E-state index in [0.717, 1.165) is 16.8 Å². The van der Waals surface area contributed by atoms with Crippen LogP contribution in [0.2, 0.25) is 10.0 Å². The van der Waals surface area contributed by atoms with Crippen LogP contribution in [0.4, 0.5) is 10.6 Å². The molecular weight excluding hydrogens is 709 g/mol. The summed E-state index contributed by atoms with van der Waals surface area (Å²) in [5.74, 6) is 1.58. The SMILES string of the molecule is CCOc1cc(C(C)(C)C)ncc1C1=N[C@@](C)(c2ccc(Cl)cc2)[C@@](C)(c2ccc(Cl)cc2)N1C(=O)N1CCN(CC(=O)N(C)c2ccccn2)CC1. The lowest BCUT2D eigenvalue weighted by Gasteiger charge is -2.47. The van der Waals surface area contributed by atoms with Crippen LogP contribution in [0, 0.1) is 0 Å². The number of aromatic nitrogens is 2. The summed E-state index contributed by atoms with van der Waals surface area (Å²) < 4.78 is 6.29. The van der Waals surface area contributed by atoms with Gasteiger partial charge in [-0.1, -0.05) is 74.3 Å². The second-order valence-electron chi connectivity index (χ2n) is 14.9. The number of hydrogen-bond donors (Lipinski definition) is 0. The average molecular weight is 757 g/mol. The zero-order valence-corrected chi connectivity index (χ0v) is 32.9. The van der Waals surface area contributed by atoms with E-state index >= 15 is 4.79 Å². The molecule has 0 unspecified atom stereocenters. The predicted octanol–water partition coefficient (Wildman–Crippen LogP) is 7.77. The van der Waals surface area contributed by atoms with Gasteiger partial charge in [-0.3, -0.25) is 29.5 Å². The highest BCUT2D eigenvalue weighted by atomic mass is 35.5. The summed E-state index contributed by atoms with van der Waals surface area (Å²) in [4.78, 5) is 50.5. The Morgan fingerprint density at radius 1 is 0.887 bits per heavy atom. The zero-order valence-electron chi connectivity index (χ0n) is 31.4. The topological polar surface area (TPSA) is 94.5 Å². The highest BCUT2D eigenvalue weighted by Crippen LogP contribution is 2.54. The number of ether oxygens (including phenoxy) is 1. The number of amides is 3. The monoisotopic (exact) mass is 755 g/mol. The fourth-order valence-electron chi connectivity index (χ4n) is 7.07. The molecular formula is C41H47Cl2N7O3. The Morgan fingerprint density at radius 2 is 1.51 bits per heavy atom. The average Bonchev–Trinajstić information content (AvgIpc) is 3.39. The van der Waals surface area contributed by atoms with Gasteiger partial charge in [-0.05, 0) is 68.3 Å². The number of rotatable bonds is 8. The third-order valence-electron chi connectivity index (χ3n) is 10.5. The van der Waals surface area contributed by atoms with Crippen molar-refractivity contribution >= 4 is 46.8 Å². The smallest absolute Gasteiger partial charge is 0.326 e. The molecule has 2 atom stereocenters. The van der Waals surface area contributed by atoms with Gasteiger partial charge in [0.05, 0.1) is 18.7 Å². The molecule has 3 amide bonds. The number of likely N-dealkylation sites (N-methyl/N-ethyl adjacent to an activating group) is 1. The lowest BCUT2D eigenvalue weighted by Crippen LogP contribution is -2.61. The van der Waals surface area contributed by atoms with E-state index in [2.05, 4.69) is 44.5 Å². The summed E-state index contributed by atoms with van der Waals surface area (Å²) in [5.41, 5.74) is 0.931. The van der Waals surface area contributed by atoms with E-state index in [0.29, 0.717) is 65.8 Å². The van der Waals surface area contributed by atoms with Gasteiger partial charge in [0.25, 0.3) is 0 Å². The summed E-state index contributed by atoms with van der Waals surface area (Å²) in [7, 11) is 1.73. The van der Waals surface area contributed by atoms with Gasteiger partial charge in [0.15, 0.2) is 0 Å². The molecule has 1 saturated heterocycles. The van der Waals surface area contributed by atoms with Crippen LogP contribution in [0.3, 0.4) is 0 Å². The van der Waals surface area contributed by atoms with Crippen LogP contribution in [0.1, 0.15) is 63.9 Å². The molecule has 4 aromatic rings. The Labute approximate surface area is 322 Å². The van der Waals surface area contributed by atoms with E-state index in [9.17, 15) is 4.79 Å². The third-order valence-corrected chi connectivity index (χ3v) is 11.0. The van der Waals surface area contributed by atoms with E-state index < -0.39 is 11.1 Å². The largest absolute Gasteiger partial charge is 0.493 e. The van der Waals surface area contributed by atoms with Gasteiger partial charge in [-0.25, -0.2) is 9.78 Å². The van der Waals surface area contributed by atoms with E-state index in [1.165, 1.54) is 0 Å². The molecule has 53 heavy (non-hydrogen) atoms. The van der Waals surface area contributed by atoms with Gasteiger partial charge in [-0.15, -0.1) is 0 Å². The minimum atomic E-state index is -1.05. The first-order chi connectivity index (χ1) is 25.2. The molecule has 0 aliphatic carbocycles. The molecule has 2 aromatic carbocycles. The molecule has 10 nitrogen and oxygen atoms in total. The van der Waals surface area contributed by atoms with Crippen LogP contribution >= 0.6 is 23.2 Å². The Hall–Kier alpha value is -4.51. The number of anilines is 1. The molecule has 4 heterocycles. The van der Waals surface area contributed by atoms with Crippen LogP contribution in [-0.4, -0.2) is 88.8 Å². The van der Waals surface area contributed by atoms with Crippen molar-refractivity contribution in [2.75, 3.05) is 51.3 Å². The molecule has 0 N–H and O–H groups in total. The minimum absolute atomic E-state index is 0.0684. The molecule has 1 fully saturated rings. The Bertz CT molecular complexity index is 1980. The van der Waals surface area contributed by atoms with Crippen molar-refractivity contribution in [1.82, 2.24) is 24.7 Å². The highest BCUT2D eigenvalue weighted by Gasteiger charge is 2.60. The maximum Gasteiger partial charge on any atom is 0.326 e. The molecule has 0 radical (unpaired) electrons. The summed E-state index contributed by atoms with van der Waals surface area (Å²) in [6.07, 6.45) is 3.45. The van der Waals surface area contributed by atoms with Crippen LogP contribution < -0.4 is 9.64 Å².